The van der Waals surface area contributed by atoms with Crippen molar-refractivity contribution in [1.82, 2.24) is 15.1 Å². The SMILES string of the molecule is Cc1c(CNCc2ccc3c(c2)CC(C)(C)O3)cnn1C. The fourth-order valence-corrected chi connectivity index (χ4v) is 2.83. The molecule has 0 spiro atoms. The van der Waals surface area contributed by atoms with Crippen molar-refractivity contribution < 1.29 is 4.74 Å². The number of nitrogens with one attached hydrogen (secondary N) is 1. The van der Waals surface area contributed by atoms with Crippen LogP contribution in [-0.2, 0) is 26.6 Å². The third-order valence-electron chi connectivity index (χ3n) is 4.11. The van der Waals surface area contributed by atoms with Crippen LogP contribution >= 0.6 is 0 Å². The summed E-state index contributed by atoms with van der Waals surface area (Å²) in [5.74, 6) is 1.03. The predicted molar refractivity (Wildman–Crippen MR) is 83.3 cm³/mol. The lowest BCUT2D eigenvalue weighted by molar-refractivity contribution is 0.138. The first kappa shape index (κ1) is 14.1. The smallest absolute Gasteiger partial charge is 0.123 e. The molecule has 2 aromatic rings. The van der Waals surface area contributed by atoms with Gasteiger partial charge in [0, 0.05) is 37.8 Å². The largest absolute Gasteiger partial charge is 0.487 e. The van der Waals surface area contributed by atoms with Crippen LogP contribution in [-0.4, -0.2) is 15.4 Å². The molecule has 112 valence electrons. The summed E-state index contributed by atoms with van der Waals surface area (Å²) >= 11 is 0. The van der Waals surface area contributed by atoms with Crippen molar-refractivity contribution >= 4 is 0 Å². The van der Waals surface area contributed by atoms with Crippen LogP contribution in [0.15, 0.2) is 24.4 Å². The van der Waals surface area contributed by atoms with Crippen molar-refractivity contribution in [2.24, 2.45) is 7.05 Å². The second-order valence-electron chi connectivity index (χ2n) is 6.46. The quantitative estimate of drug-likeness (QED) is 0.939. The molecule has 1 aliphatic heterocycles. The van der Waals surface area contributed by atoms with Crippen molar-refractivity contribution in [2.45, 2.75) is 45.9 Å². The number of benzene rings is 1. The minimum absolute atomic E-state index is 0.0682. The molecule has 4 nitrogen and oxygen atoms in total. The van der Waals surface area contributed by atoms with Crippen molar-refractivity contribution in [3.63, 3.8) is 0 Å². The van der Waals surface area contributed by atoms with E-state index in [4.69, 9.17) is 4.74 Å². The fourth-order valence-electron chi connectivity index (χ4n) is 2.83. The standard InChI is InChI=1S/C17H23N3O/c1-12-15(11-19-20(12)4)10-18-9-13-5-6-16-14(7-13)8-17(2,3)21-16/h5-7,11,18H,8-10H2,1-4H3. The Labute approximate surface area is 126 Å². The average molecular weight is 285 g/mol. The molecule has 2 heterocycles. The summed E-state index contributed by atoms with van der Waals surface area (Å²) in [4.78, 5) is 0. The minimum Gasteiger partial charge on any atom is -0.487 e. The highest BCUT2D eigenvalue weighted by Gasteiger charge is 2.29. The van der Waals surface area contributed by atoms with Crippen molar-refractivity contribution in [2.75, 3.05) is 0 Å². The molecule has 1 aromatic carbocycles. The Morgan fingerprint density at radius 1 is 1.33 bits per heavy atom. The molecule has 21 heavy (non-hydrogen) atoms. The van der Waals surface area contributed by atoms with Crippen LogP contribution in [0.1, 0.15) is 36.2 Å². The van der Waals surface area contributed by atoms with Gasteiger partial charge in [-0.1, -0.05) is 12.1 Å². The minimum atomic E-state index is -0.0682. The molecular formula is C17H23N3O. The zero-order valence-electron chi connectivity index (χ0n) is 13.2. The lowest BCUT2D eigenvalue weighted by atomic mass is 10.0. The normalized spacial score (nSPS) is 15.8. The first-order valence-corrected chi connectivity index (χ1v) is 7.44. The Balaban J connectivity index is 1.61. The van der Waals surface area contributed by atoms with Gasteiger partial charge in [0.05, 0.1) is 6.20 Å². The summed E-state index contributed by atoms with van der Waals surface area (Å²) < 4.78 is 7.82. The third kappa shape index (κ3) is 2.95. The van der Waals surface area contributed by atoms with Crippen LogP contribution < -0.4 is 10.1 Å². The highest BCUT2D eigenvalue weighted by Crippen LogP contribution is 2.35. The van der Waals surface area contributed by atoms with E-state index >= 15 is 0 Å². The number of rotatable bonds is 4. The summed E-state index contributed by atoms with van der Waals surface area (Å²) in [6, 6.07) is 6.49. The molecule has 3 rings (SSSR count). The zero-order valence-corrected chi connectivity index (χ0v) is 13.2. The van der Waals surface area contributed by atoms with Crippen molar-refractivity contribution in [3.8, 4) is 5.75 Å². The van der Waals surface area contributed by atoms with Crippen LogP contribution in [0.5, 0.6) is 5.75 Å². The third-order valence-corrected chi connectivity index (χ3v) is 4.11. The fraction of sp³-hybridized carbons (Fsp3) is 0.471. The molecule has 0 saturated carbocycles. The highest BCUT2D eigenvalue weighted by atomic mass is 16.5. The van der Waals surface area contributed by atoms with Gasteiger partial charge in [0.15, 0.2) is 0 Å². The molecule has 1 aliphatic rings. The molecule has 0 amide bonds. The van der Waals surface area contributed by atoms with Gasteiger partial charge in [0.2, 0.25) is 0 Å². The molecule has 0 radical (unpaired) electrons. The van der Waals surface area contributed by atoms with Gasteiger partial charge in [0.25, 0.3) is 0 Å². The van der Waals surface area contributed by atoms with Crippen LogP contribution in [0.25, 0.3) is 0 Å². The van der Waals surface area contributed by atoms with E-state index in [2.05, 4.69) is 49.4 Å². The van der Waals surface area contributed by atoms with E-state index in [1.165, 1.54) is 22.4 Å². The molecular weight excluding hydrogens is 262 g/mol. The highest BCUT2D eigenvalue weighted by molar-refractivity contribution is 5.41. The number of nitrogens with zero attached hydrogens (tertiary/aromatic N) is 2. The molecule has 1 N–H and O–H groups in total. The second-order valence-corrected chi connectivity index (χ2v) is 6.46. The van der Waals surface area contributed by atoms with Gasteiger partial charge in [-0.2, -0.15) is 5.10 Å². The first-order chi connectivity index (χ1) is 9.94. The summed E-state index contributed by atoms with van der Waals surface area (Å²) in [6.45, 7) is 8.08. The van der Waals surface area contributed by atoms with Gasteiger partial charge in [-0.15, -0.1) is 0 Å². The number of ether oxygens (including phenoxy) is 1. The summed E-state index contributed by atoms with van der Waals surface area (Å²) in [6.07, 6.45) is 2.92. The number of aromatic nitrogens is 2. The zero-order chi connectivity index (χ0) is 15.0. The molecule has 0 unspecified atom stereocenters. The van der Waals surface area contributed by atoms with Crippen LogP contribution in [0.4, 0.5) is 0 Å². The van der Waals surface area contributed by atoms with Gasteiger partial charge in [0.1, 0.15) is 11.4 Å². The Morgan fingerprint density at radius 2 is 2.14 bits per heavy atom. The van der Waals surface area contributed by atoms with Crippen LogP contribution in [0.2, 0.25) is 0 Å². The van der Waals surface area contributed by atoms with Gasteiger partial charge >= 0.3 is 0 Å². The average Bonchev–Trinajstić information content (AvgIpc) is 2.89. The summed E-state index contributed by atoms with van der Waals surface area (Å²) in [5, 5.41) is 7.76. The summed E-state index contributed by atoms with van der Waals surface area (Å²) in [5.41, 5.74) is 5.02. The van der Waals surface area contributed by atoms with Crippen molar-refractivity contribution in [1.29, 1.82) is 0 Å². The Bertz CT molecular complexity index is 658. The van der Waals surface area contributed by atoms with E-state index in [-0.39, 0.29) is 5.60 Å². The molecule has 0 saturated heterocycles. The van der Waals surface area contributed by atoms with Gasteiger partial charge in [-0.3, -0.25) is 4.68 Å². The van der Waals surface area contributed by atoms with E-state index in [9.17, 15) is 0 Å². The van der Waals surface area contributed by atoms with E-state index in [1.54, 1.807) is 0 Å². The maximum atomic E-state index is 5.91. The maximum Gasteiger partial charge on any atom is 0.123 e. The molecule has 0 fully saturated rings. The first-order valence-electron chi connectivity index (χ1n) is 7.44. The monoisotopic (exact) mass is 285 g/mol. The number of hydrogen-bond acceptors (Lipinski definition) is 3. The van der Waals surface area contributed by atoms with Gasteiger partial charge in [-0.25, -0.2) is 0 Å². The number of hydrogen-bond donors (Lipinski definition) is 1. The van der Waals surface area contributed by atoms with Crippen LogP contribution in [0.3, 0.4) is 0 Å². The van der Waals surface area contributed by atoms with E-state index in [0.29, 0.717) is 0 Å². The lowest BCUT2D eigenvalue weighted by Gasteiger charge is -2.16. The molecule has 4 heteroatoms. The molecule has 0 atom stereocenters. The molecule has 1 aromatic heterocycles. The van der Waals surface area contributed by atoms with Gasteiger partial charge < -0.3 is 10.1 Å². The van der Waals surface area contributed by atoms with Crippen molar-refractivity contribution in [3.05, 3.63) is 46.8 Å². The lowest BCUT2D eigenvalue weighted by Crippen LogP contribution is -2.24. The Morgan fingerprint density at radius 3 is 2.86 bits per heavy atom. The number of aryl methyl sites for hydroxylation is 1. The number of fused-ring (bicyclic) bond motifs is 1. The van der Waals surface area contributed by atoms with E-state index in [1.807, 2.05) is 17.9 Å². The Kier molecular flexibility index (Phi) is 3.49. The maximum absolute atomic E-state index is 5.91. The predicted octanol–water partition coefficient (Wildman–Crippen LogP) is 2.73. The van der Waals surface area contributed by atoms with Gasteiger partial charge in [-0.05, 0) is 38.0 Å². The molecule has 0 aliphatic carbocycles. The topological polar surface area (TPSA) is 39.1 Å². The Hall–Kier alpha value is -1.81. The molecule has 0 bridgehead atoms. The van der Waals surface area contributed by atoms with E-state index in [0.717, 1.165) is 25.3 Å². The second kappa shape index (κ2) is 5.19. The van der Waals surface area contributed by atoms with E-state index < -0.39 is 0 Å². The summed E-state index contributed by atoms with van der Waals surface area (Å²) in [7, 11) is 1.97. The van der Waals surface area contributed by atoms with Crippen LogP contribution in [0, 0.1) is 6.92 Å².